The summed E-state index contributed by atoms with van der Waals surface area (Å²) in [7, 11) is 4.10. The molecule has 4 nitrogen and oxygen atoms in total. The predicted molar refractivity (Wildman–Crippen MR) is 91.3 cm³/mol. The third-order valence-corrected chi connectivity index (χ3v) is 3.99. The Hall–Kier alpha value is -0.610. The smallest absolute Gasteiger partial charge is 0.230 e. The highest BCUT2D eigenvalue weighted by Crippen LogP contribution is 2.31. The van der Waals surface area contributed by atoms with Crippen LogP contribution in [0.4, 0.5) is 0 Å². The van der Waals surface area contributed by atoms with Crippen molar-refractivity contribution in [3.63, 3.8) is 0 Å². The first-order valence-corrected chi connectivity index (χ1v) is 8.47. The van der Waals surface area contributed by atoms with Crippen molar-refractivity contribution in [2.45, 2.75) is 53.4 Å². The highest BCUT2D eigenvalue weighted by Gasteiger charge is 2.38. The molecule has 0 rings (SSSR count). The molecule has 0 aliphatic carbocycles. The lowest BCUT2D eigenvalue weighted by Gasteiger charge is -2.37. The van der Waals surface area contributed by atoms with Gasteiger partial charge in [0.2, 0.25) is 5.91 Å². The van der Waals surface area contributed by atoms with E-state index in [0.29, 0.717) is 12.5 Å². The summed E-state index contributed by atoms with van der Waals surface area (Å²) in [6, 6.07) is 0. The van der Waals surface area contributed by atoms with E-state index in [2.05, 4.69) is 32.6 Å². The Bertz CT molecular complexity index is 284. The maximum atomic E-state index is 13.2. The molecule has 0 saturated heterocycles. The molecule has 21 heavy (non-hydrogen) atoms. The largest absolute Gasteiger partial charge is 0.341 e. The molecule has 0 radical (unpaired) electrons. The molecule has 4 heteroatoms. The molecule has 0 heterocycles. The molecule has 0 aromatic heterocycles. The second-order valence-electron chi connectivity index (χ2n) is 6.93. The summed E-state index contributed by atoms with van der Waals surface area (Å²) >= 11 is 0. The van der Waals surface area contributed by atoms with Crippen LogP contribution in [0.15, 0.2) is 0 Å². The molecule has 0 aliphatic heterocycles. The number of amides is 1. The van der Waals surface area contributed by atoms with Gasteiger partial charge in [-0.3, -0.25) is 4.79 Å². The van der Waals surface area contributed by atoms with Crippen LogP contribution in [0.5, 0.6) is 0 Å². The molecule has 0 aromatic carbocycles. The van der Waals surface area contributed by atoms with Crippen LogP contribution in [0, 0.1) is 11.3 Å². The Morgan fingerprint density at radius 3 is 1.95 bits per heavy atom. The number of hydrogen-bond donors (Lipinski definition) is 1. The van der Waals surface area contributed by atoms with Crippen molar-refractivity contribution in [3.05, 3.63) is 0 Å². The van der Waals surface area contributed by atoms with Gasteiger partial charge in [0, 0.05) is 26.2 Å². The normalized spacial score (nSPS) is 12.2. The topological polar surface area (TPSA) is 49.6 Å². The summed E-state index contributed by atoms with van der Waals surface area (Å²) in [4.78, 5) is 17.3. The van der Waals surface area contributed by atoms with Gasteiger partial charge in [-0.25, -0.2) is 0 Å². The number of carbonyl (C=O) groups is 1. The highest BCUT2D eigenvalue weighted by atomic mass is 16.2. The predicted octanol–water partition coefficient (Wildman–Crippen LogP) is 2.58. The van der Waals surface area contributed by atoms with Crippen LogP contribution >= 0.6 is 0 Å². The van der Waals surface area contributed by atoms with Gasteiger partial charge >= 0.3 is 0 Å². The maximum absolute atomic E-state index is 13.2. The van der Waals surface area contributed by atoms with Gasteiger partial charge in [0.25, 0.3) is 0 Å². The van der Waals surface area contributed by atoms with Gasteiger partial charge in [-0.1, -0.05) is 40.5 Å². The Kier molecular flexibility index (Phi) is 9.88. The fourth-order valence-corrected chi connectivity index (χ4v) is 2.96. The van der Waals surface area contributed by atoms with Crippen molar-refractivity contribution in [3.8, 4) is 0 Å². The van der Waals surface area contributed by atoms with Crippen LogP contribution in [0.25, 0.3) is 0 Å². The van der Waals surface area contributed by atoms with Crippen LogP contribution in [-0.4, -0.2) is 56.0 Å². The summed E-state index contributed by atoms with van der Waals surface area (Å²) in [5.41, 5.74) is 5.69. The minimum Gasteiger partial charge on any atom is -0.341 e. The van der Waals surface area contributed by atoms with Crippen LogP contribution in [0.3, 0.4) is 0 Å². The molecule has 1 amide bonds. The molecule has 0 saturated carbocycles. The summed E-state index contributed by atoms with van der Waals surface area (Å²) in [5, 5.41) is 0. The molecule has 0 aliphatic rings. The fraction of sp³-hybridized carbons (Fsp3) is 0.941. The van der Waals surface area contributed by atoms with E-state index >= 15 is 0 Å². The fourth-order valence-electron chi connectivity index (χ4n) is 2.96. The Balaban J connectivity index is 5.15. The lowest BCUT2D eigenvalue weighted by atomic mass is 9.77. The first kappa shape index (κ1) is 20.4. The van der Waals surface area contributed by atoms with Crippen molar-refractivity contribution >= 4 is 5.91 Å². The van der Waals surface area contributed by atoms with Crippen LogP contribution in [0.1, 0.15) is 53.4 Å². The van der Waals surface area contributed by atoms with E-state index in [1.54, 1.807) is 0 Å². The minimum absolute atomic E-state index is 0.268. The summed E-state index contributed by atoms with van der Waals surface area (Å²) in [6.45, 7) is 11.6. The van der Waals surface area contributed by atoms with Crippen LogP contribution in [-0.2, 0) is 4.79 Å². The van der Waals surface area contributed by atoms with Crippen molar-refractivity contribution in [2.75, 3.05) is 40.3 Å². The van der Waals surface area contributed by atoms with E-state index in [1.807, 2.05) is 19.0 Å². The molecule has 2 N–H and O–H groups in total. The van der Waals surface area contributed by atoms with E-state index in [4.69, 9.17) is 5.73 Å². The van der Waals surface area contributed by atoms with E-state index in [0.717, 1.165) is 45.3 Å². The van der Waals surface area contributed by atoms with Crippen molar-refractivity contribution in [1.29, 1.82) is 0 Å². The minimum atomic E-state index is -0.356. The molecule has 0 unspecified atom stereocenters. The number of likely N-dealkylation sites (N-methyl/N-ethyl adjacent to an activating group) is 1. The van der Waals surface area contributed by atoms with Gasteiger partial charge in [0.15, 0.2) is 0 Å². The Labute approximate surface area is 132 Å². The monoisotopic (exact) mass is 299 g/mol. The standard InChI is InChI=1S/C17H37N3O/c1-7-9-17(14-18,10-8-2)16(21)20(13-15(3)4)12-11-19(5)6/h15H,7-14,18H2,1-6H3. The number of nitrogens with two attached hydrogens (primary N) is 1. The second kappa shape index (κ2) is 10.2. The average Bonchev–Trinajstić information content (AvgIpc) is 2.41. The first-order valence-electron chi connectivity index (χ1n) is 8.47. The molecular formula is C17H37N3O. The number of rotatable bonds is 11. The van der Waals surface area contributed by atoms with E-state index in [9.17, 15) is 4.79 Å². The molecule has 0 bridgehead atoms. The lowest BCUT2D eigenvalue weighted by molar-refractivity contribution is -0.143. The SMILES string of the molecule is CCCC(CN)(CCC)C(=O)N(CCN(C)C)CC(C)C. The number of nitrogens with zero attached hydrogens (tertiary/aromatic N) is 2. The Morgan fingerprint density at radius 2 is 1.62 bits per heavy atom. The summed E-state index contributed by atoms with van der Waals surface area (Å²) < 4.78 is 0. The third kappa shape index (κ3) is 6.79. The van der Waals surface area contributed by atoms with Crippen LogP contribution in [0.2, 0.25) is 0 Å². The van der Waals surface area contributed by atoms with Gasteiger partial charge in [-0.15, -0.1) is 0 Å². The number of carbonyl (C=O) groups excluding carboxylic acids is 1. The molecular weight excluding hydrogens is 262 g/mol. The van der Waals surface area contributed by atoms with Gasteiger partial charge in [-0.05, 0) is 32.9 Å². The highest BCUT2D eigenvalue weighted by molar-refractivity contribution is 5.83. The van der Waals surface area contributed by atoms with Gasteiger partial charge in [-0.2, -0.15) is 0 Å². The molecule has 0 aromatic rings. The van der Waals surface area contributed by atoms with E-state index in [1.165, 1.54) is 0 Å². The molecule has 0 fully saturated rings. The van der Waals surface area contributed by atoms with Crippen molar-refractivity contribution in [2.24, 2.45) is 17.1 Å². The van der Waals surface area contributed by atoms with Crippen LogP contribution < -0.4 is 5.73 Å². The second-order valence-corrected chi connectivity index (χ2v) is 6.93. The van der Waals surface area contributed by atoms with Crippen molar-refractivity contribution < 1.29 is 4.79 Å². The number of hydrogen-bond acceptors (Lipinski definition) is 3. The average molecular weight is 300 g/mol. The van der Waals surface area contributed by atoms with Gasteiger partial charge < -0.3 is 15.5 Å². The molecule has 0 spiro atoms. The molecule has 126 valence electrons. The Morgan fingerprint density at radius 1 is 1.10 bits per heavy atom. The molecule has 0 atom stereocenters. The first-order chi connectivity index (χ1) is 9.82. The third-order valence-electron chi connectivity index (χ3n) is 3.99. The lowest BCUT2D eigenvalue weighted by Crippen LogP contribution is -2.50. The van der Waals surface area contributed by atoms with Gasteiger partial charge in [0.1, 0.15) is 0 Å². The zero-order valence-electron chi connectivity index (χ0n) is 15.1. The van der Waals surface area contributed by atoms with E-state index in [-0.39, 0.29) is 11.3 Å². The zero-order chi connectivity index (χ0) is 16.5. The zero-order valence-corrected chi connectivity index (χ0v) is 15.1. The summed E-state index contributed by atoms with van der Waals surface area (Å²) in [6.07, 6.45) is 3.80. The van der Waals surface area contributed by atoms with Crippen molar-refractivity contribution in [1.82, 2.24) is 9.80 Å². The van der Waals surface area contributed by atoms with E-state index < -0.39 is 0 Å². The maximum Gasteiger partial charge on any atom is 0.230 e. The van der Waals surface area contributed by atoms with Gasteiger partial charge in [0.05, 0.1) is 5.41 Å². The summed E-state index contributed by atoms with van der Waals surface area (Å²) in [5.74, 6) is 0.749. The quantitative estimate of drug-likeness (QED) is 0.638.